The van der Waals surface area contributed by atoms with Crippen molar-refractivity contribution in [2.24, 2.45) is 29.1 Å². The summed E-state index contributed by atoms with van der Waals surface area (Å²) in [7, 11) is -2.18. The number of hydrogen-bond acceptors (Lipinski definition) is 8. The molecule has 8 nitrogen and oxygen atoms in total. The van der Waals surface area contributed by atoms with Gasteiger partial charge in [-0.25, -0.2) is 0 Å². The molecule has 2 saturated carbocycles. The Balaban J connectivity index is 1.91. The molecule has 2 fully saturated rings. The molecule has 0 heterocycles. The summed E-state index contributed by atoms with van der Waals surface area (Å²) in [5.41, 5.74) is -4.22. The molecule has 0 aromatic heterocycles. The van der Waals surface area contributed by atoms with Gasteiger partial charge >= 0.3 is 11.9 Å². The summed E-state index contributed by atoms with van der Waals surface area (Å²) < 4.78 is 18.4. The average Bonchev–Trinajstić information content (AvgIpc) is 3.20. The number of ketones is 1. The van der Waals surface area contributed by atoms with Crippen LogP contribution in [0.15, 0.2) is 23.3 Å². The molecule has 4 aliphatic rings. The normalized spacial score (nSPS) is 40.8. The second-order valence-corrected chi connectivity index (χ2v) is 19.3. The maximum absolute atomic E-state index is 13.5. The van der Waals surface area contributed by atoms with Gasteiger partial charge in [-0.3, -0.25) is 14.4 Å². The summed E-state index contributed by atoms with van der Waals surface area (Å²) in [6.07, 6.45) is 2.69. The fourth-order valence-electron chi connectivity index (χ4n) is 7.72. The molecule has 0 aliphatic heterocycles. The highest BCUT2D eigenvalue weighted by atomic mass is 28.4. The molecule has 0 bridgehead atoms. The van der Waals surface area contributed by atoms with Crippen molar-refractivity contribution in [3.05, 3.63) is 23.3 Å². The van der Waals surface area contributed by atoms with Crippen LogP contribution < -0.4 is 0 Å². The number of Topliss-reactive ketones (excluding diaryl/α,β-unsaturated/α-hetero) is 1. The Morgan fingerprint density at radius 2 is 1.69 bits per heavy atom. The van der Waals surface area contributed by atoms with E-state index in [2.05, 4.69) is 33.9 Å². The van der Waals surface area contributed by atoms with E-state index in [9.17, 15) is 24.6 Å². The van der Waals surface area contributed by atoms with Gasteiger partial charge < -0.3 is 24.1 Å². The third-order valence-corrected chi connectivity index (χ3v) is 15.3. The van der Waals surface area contributed by atoms with Gasteiger partial charge in [0.1, 0.15) is 11.7 Å². The number of ether oxygens (including phenoxy) is 2. The smallest absolute Gasteiger partial charge is 0.303 e. The molecule has 9 heteroatoms. The van der Waals surface area contributed by atoms with Gasteiger partial charge in [0.25, 0.3) is 0 Å². The number of aliphatic hydroxyl groups is 2. The Labute approximate surface area is 233 Å². The van der Waals surface area contributed by atoms with Crippen LogP contribution in [0.2, 0.25) is 18.1 Å². The van der Waals surface area contributed by atoms with E-state index in [0.717, 1.165) is 5.57 Å². The van der Waals surface area contributed by atoms with Crippen molar-refractivity contribution in [2.75, 3.05) is 6.61 Å². The number of hydrogen-bond donors (Lipinski definition) is 2. The minimum atomic E-state index is -2.18. The van der Waals surface area contributed by atoms with Crippen molar-refractivity contribution in [1.82, 2.24) is 0 Å². The van der Waals surface area contributed by atoms with Crippen molar-refractivity contribution >= 4 is 26.0 Å². The number of esters is 2. The Morgan fingerprint density at radius 3 is 2.21 bits per heavy atom. The molecule has 4 rings (SSSR count). The van der Waals surface area contributed by atoms with Crippen LogP contribution in [-0.4, -0.2) is 65.8 Å². The van der Waals surface area contributed by atoms with Crippen LogP contribution in [0.3, 0.4) is 0 Å². The van der Waals surface area contributed by atoms with Crippen LogP contribution in [0.5, 0.6) is 0 Å². The largest absolute Gasteiger partial charge is 0.458 e. The number of carbonyl (C=O) groups excluding carboxylic acids is 3. The first-order valence-electron chi connectivity index (χ1n) is 14.0. The van der Waals surface area contributed by atoms with E-state index in [1.165, 1.54) is 13.8 Å². The van der Waals surface area contributed by atoms with Crippen molar-refractivity contribution in [2.45, 2.75) is 110 Å². The van der Waals surface area contributed by atoms with Crippen molar-refractivity contribution in [3.63, 3.8) is 0 Å². The molecule has 0 saturated heterocycles. The highest BCUT2D eigenvalue weighted by Crippen LogP contribution is 2.77. The minimum Gasteiger partial charge on any atom is -0.458 e. The van der Waals surface area contributed by atoms with Gasteiger partial charge in [0.15, 0.2) is 19.7 Å². The van der Waals surface area contributed by atoms with E-state index in [4.69, 9.17) is 13.9 Å². The first kappa shape index (κ1) is 30.2. The van der Waals surface area contributed by atoms with E-state index in [-0.39, 0.29) is 18.1 Å². The number of rotatable bonds is 5. The zero-order chi connectivity index (χ0) is 29.7. The summed E-state index contributed by atoms with van der Waals surface area (Å²) in [5, 5.41) is 24.8. The fourth-order valence-corrected chi connectivity index (χ4v) is 8.70. The van der Waals surface area contributed by atoms with Crippen LogP contribution in [0.4, 0.5) is 0 Å². The topological polar surface area (TPSA) is 119 Å². The van der Waals surface area contributed by atoms with Gasteiger partial charge in [0.05, 0.1) is 12.2 Å². The summed E-state index contributed by atoms with van der Waals surface area (Å²) in [6.45, 7) is 20.9. The number of carbonyl (C=O) groups is 3. The molecule has 0 unspecified atom stereocenters. The van der Waals surface area contributed by atoms with Crippen molar-refractivity contribution in [1.29, 1.82) is 0 Å². The molecule has 0 spiro atoms. The van der Waals surface area contributed by atoms with Crippen LogP contribution >= 0.6 is 0 Å². The van der Waals surface area contributed by atoms with E-state index in [1.54, 1.807) is 19.9 Å². The van der Waals surface area contributed by atoms with Gasteiger partial charge in [-0.15, -0.1) is 0 Å². The molecule has 39 heavy (non-hydrogen) atoms. The second-order valence-electron chi connectivity index (χ2n) is 14.4. The molecule has 8 atom stereocenters. The molecule has 0 amide bonds. The fraction of sp³-hybridized carbons (Fsp3) is 0.767. The van der Waals surface area contributed by atoms with E-state index in [0.29, 0.717) is 5.57 Å². The lowest BCUT2D eigenvalue weighted by Gasteiger charge is -2.53. The van der Waals surface area contributed by atoms with Crippen molar-refractivity contribution in [3.8, 4) is 0 Å². The lowest BCUT2D eigenvalue weighted by molar-refractivity contribution is -0.227. The van der Waals surface area contributed by atoms with E-state index < -0.39 is 78.0 Å². The van der Waals surface area contributed by atoms with Crippen LogP contribution in [0.25, 0.3) is 0 Å². The summed E-state index contributed by atoms with van der Waals surface area (Å²) in [5.74, 6) is -4.20. The van der Waals surface area contributed by atoms with E-state index >= 15 is 0 Å². The molecular weight excluding hydrogens is 516 g/mol. The lowest BCUT2D eigenvalue weighted by Crippen LogP contribution is -2.66. The lowest BCUT2D eigenvalue weighted by atomic mass is 9.59. The van der Waals surface area contributed by atoms with Gasteiger partial charge in [-0.05, 0) is 36.2 Å². The van der Waals surface area contributed by atoms with E-state index in [1.807, 2.05) is 19.9 Å². The molecule has 0 aromatic rings. The molecule has 0 aromatic carbocycles. The van der Waals surface area contributed by atoms with Crippen LogP contribution in [-0.2, 0) is 28.3 Å². The van der Waals surface area contributed by atoms with Gasteiger partial charge in [-0.1, -0.05) is 53.7 Å². The summed E-state index contributed by atoms with van der Waals surface area (Å²) in [6, 6.07) is 0. The first-order chi connectivity index (χ1) is 17.6. The average molecular weight is 563 g/mol. The van der Waals surface area contributed by atoms with Crippen LogP contribution in [0, 0.1) is 29.1 Å². The maximum atomic E-state index is 13.5. The highest BCUT2D eigenvalue weighted by molar-refractivity contribution is 6.74. The molecule has 2 N–H and O–H groups in total. The van der Waals surface area contributed by atoms with Crippen LogP contribution in [0.1, 0.15) is 68.7 Å². The third kappa shape index (κ3) is 4.05. The monoisotopic (exact) mass is 562 g/mol. The standard InChI is InChI=1S/C30H46O8Si/c1-16-12-22-28(34,24(16)33)14-20(15-36-39(10,11)26(5,6)7)13-21-23-27(8,9)30(23,38-19(4)32)25(37-18(3)31)17(2)29(21,22)35/h12-13,17,21-23,25,34-35H,14-15H2,1-11H3/t17-,21+,22-,23-,25-,28-,29-,30-/m1/s1. The Bertz CT molecular complexity index is 1160. The SMILES string of the molecule is CC(=O)O[C@@H]1[C@@H](C)[C@@]2(O)[C@@H](C=C(CO[Si](C)(C)C(C)(C)C)C[C@]3(O)C(=O)C(C)=C[C@@H]23)[C@@H]2C(C)(C)[C@]12OC(C)=O. The Kier molecular flexibility index (Phi) is 6.84. The molecule has 4 aliphatic carbocycles. The molecular formula is C30H46O8Si. The van der Waals surface area contributed by atoms with Crippen molar-refractivity contribution < 1.29 is 38.5 Å². The van der Waals surface area contributed by atoms with Gasteiger partial charge in [0, 0.05) is 49.4 Å². The molecule has 0 radical (unpaired) electrons. The zero-order valence-corrected chi connectivity index (χ0v) is 26.3. The Morgan fingerprint density at radius 1 is 1.10 bits per heavy atom. The predicted octanol–water partition coefficient (Wildman–Crippen LogP) is 4.10. The maximum Gasteiger partial charge on any atom is 0.303 e. The summed E-state index contributed by atoms with van der Waals surface area (Å²) >= 11 is 0. The highest BCUT2D eigenvalue weighted by Gasteiger charge is 2.87. The zero-order valence-electron chi connectivity index (χ0n) is 25.3. The Hall–Kier alpha value is -1.81. The van der Waals surface area contributed by atoms with Gasteiger partial charge in [0.2, 0.25) is 0 Å². The second kappa shape index (κ2) is 8.84. The van der Waals surface area contributed by atoms with Gasteiger partial charge in [-0.2, -0.15) is 0 Å². The summed E-state index contributed by atoms with van der Waals surface area (Å²) in [4.78, 5) is 38.2. The quantitative estimate of drug-likeness (QED) is 0.292. The third-order valence-electron chi connectivity index (χ3n) is 10.8. The minimum absolute atomic E-state index is 0.0242. The predicted molar refractivity (Wildman–Crippen MR) is 148 cm³/mol. The number of fused-ring (bicyclic) bond motifs is 5. The molecule has 218 valence electrons. The first-order valence-corrected chi connectivity index (χ1v) is 16.9.